The van der Waals surface area contributed by atoms with Crippen LogP contribution < -0.4 is 24.8 Å². The molecule has 1 atom stereocenters. The first-order valence-electron chi connectivity index (χ1n) is 9.95. The monoisotopic (exact) mass is 528 g/mol. The van der Waals surface area contributed by atoms with E-state index in [0.29, 0.717) is 19.0 Å². The number of ether oxygens (including phenoxy) is 3. The molecule has 1 unspecified atom stereocenters. The van der Waals surface area contributed by atoms with Crippen LogP contribution in [0.5, 0.6) is 17.4 Å². The Hall–Kier alpha value is -2.23. The van der Waals surface area contributed by atoms with E-state index in [1.165, 1.54) is 0 Å². The first-order valence-corrected chi connectivity index (χ1v) is 9.95. The van der Waals surface area contributed by atoms with Crippen molar-refractivity contribution in [3.8, 4) is 17.4 Å². The van der Waals surface area contributed by atoms with Crippen LogP contribution in [0.15, 0.2) is 47.6 Å². The number of methoxy groups -OCH3 is 1. The average molecular weight is 528 g/mol. The fraction of sp³-hybridized carbons (Fsp3) is 0.455. The first kappa shape index (κ1) is 25.8. The van der Waals surface area contributed by atoms with Crippen molar-refractivity contribution >= 4 is 29.9 Å². The lowest BCUT2D eigenvalue weighted by Gasteiger charge is -2.19. The van der Waals surface area contributed by atoms with Gasteiger partial charge in [-0.05, 0) is 45.4 Å². The number of para-hydroxylation sites is 2. The van der Waals surface area contributed by atoms with Gasteiger partial charge in [-0.25, -0.2) is 9.98 Å². The van der Waals surface area contributed by atoms with E-state index in [-0.39, 0.29) is 36.2 Å². The van der Waals surface area contributed by atoms with Gasteiger partial charge in [0.1, 0.15) is 6.10 Å². The van der Waals surface area contributed by atoms with Crippen LogP contribution in [0.1, 0.15) is 33.3 Å². The zero-order valence-corrected chi connectivity index (χ0v) is 20.7. The van der Waals surface area contributed by atoms with Gasteiger partial charge in [-0.2, -0.15) is 0 Å². The molecule has 30 heavy (non-hydrogen) atoms. The van der Waals surface area contributed by atoms with Gasteiger partial charge in [-0.1, -0.05) is 18.2 Å². The van der Waals surface area contributed by atoms with E-state index >= 15 is 0 Å². The van der Waals surface area contributed by atoms with Crippen molar-refractivity contribution in [3.05, 3.63) is 48.2 Å². The minimum Gasteiger partial charge on any atom is -0.493 e. The number of aliphatic imine (C=N–C) groups is 1. The van der Waals surface area contributed by atoms with Crippen molar-refractivity contribution in [2.45, 2.75) is 46.4 Å². The number of guanidine groups is 1. The van der Waals surface area contributed by atoms with Gasteiger partial charge in [0.25, 0.3) is 0 Å². The summed E-state index contributed by atoms with van der Waals surface area (Å²) < 4.78 is 16.9. The Morgan fingerprint density at radius 2 is 1.77 bits per heavy atom. The molecule has 0 bridgehead atoms. The normalized spacial score (nSPS) is 12.0. The second kappa shape index (κ2) is 13.9. The predicted molar refractivity (Wildman–Crippen MR) is 131 cm³/mol. The number of nitrogens with zero attached hydrogens (tertiary/aromatic N) is 2. The number of aromatic nitrogens is 1. The molecule has 0 fully saturated rings. The Labute approximate surface area is 196 Å². The van der Waals surface area contributed by atoms with E-state index in [2.05, 4.69) is 20.6 Å². The molecule has 2 N–H and O–H groups in total. The highest BCUT2D eigenvalue weighted by molar-refractivity contribution is 14.0. The van der Waals surface area contributed by atoms with E-state index in [0.717, 1.165) is 29.6 Å². The van der Waals surface area contributed by atoms with E-state index < -0.39 is 0 Å². The maximum absolute atomic E-state index is 5.98. The molecule has 7 nitrogen and oxygen atoms in total. The van der Waals surface area contributed by atoms with Crippen LogP contribution in [-0.4, -0.2) is 43.4 Å². The van der Waals surface area contributed by atoms with Gasteiger partial charge in [0.2, 0.25) is 5.88 Å². The lowest BCUT2D eigenvalue weighted by molar-refractivity contribution is 0.213. The molecule has 166 valence electrons. The van der Waals surface area contributed by atoms with Crippen LogP contribution in [-0.2, 0) is 6.54 Å². The molecule has 2 aromatic rings. The van der Waals surface area contributed by atoms with E-state index in [9.17, 15) is 0 Å². The second-order valence-corrected chi connectivity index (χ2v) is 6.83. The maximum atomic E-state index is 5.98. The van der Waals surface area contributed by atoms with Crippen LogP contribution >= 0.6 is 24.0 Å². The standard InChI is InChI=1S/C22H32N4O3.HI/c1-6-23-22(26-15-18-11-12-21(24-14-18)28-16(2)3)25-13-17(4)29-20-10-8-7-9-19(20)27-5;/h7-12,14,16-17H,6,13,15H2,1-5H3,(H2,23,25,26);1H. The summed E-state index contributed by atoms with van der Waals surface area (Å²) in [6.45, 7) is 9.88. The highest BCUT2D eigenvalue weighted by Crippen LogP contribution is 2.26. The summed E-state index contributed by atoms with van der Waals surface area (Å²) in [7, 11) is 1.64. The van der Waals surface area contributed by atoms with Crippen LogP contribution in [0.3, 0.4) is 0 Å². The molecule has 8 heteroatoms. The molecule has 1 aromatic carbocycles. The minimum absolute atomic E-state index is 0. The summed E-state index contributed by atoms with van der Waals surface area (Å²) >= 11 is 0. The summed E-state index contributed by atoms with van der Waals surface area (Å²) in [5.74, 6) is 2.80. The number of hydrogen-bond acceptors (Lipinski definition) is 5. The second-order valence-electron chi connectivity index (χ2n) is 6.83. The number of halogens is 1. The number of hydrogen-bond donors (Lipinski definition) is 2. The topological polar surface area (TPSA) is 77.0 Å². The smallest absolute Gasteiger partial charge is 0.213 e. The number of nitrogens with one attached hydrogen (secondary N) is 2. The Morgan fingerprint density at radius 1 is 1.03 bits per heavy atom. The Morgan fingerprint density at radius 3 is 2.37 bits per heavy atom. The summed E-state index contributed by atoms with van der Waals surface area (Å²) in [6.07, 6.45) is 1.83. The van der Waals surface area contributed by atoms with Crippen LogP contribution in [0.2, 0.25) is 0 Å². The van der Waals surface area contributed by atoms with Crippen molar-refractivity contribution in [1.82, 2.24) is 15.6 Å². The van der Waals surface area contributed by atoms with Gasteiger partial charge < -0.3 is 24.8 Å². The molecule has 0 spiro atoms. The Kier molecular flexibility index (Phi) is 12.0. The zero-order valence-electron chi connectivity index (χ0n) is 18.3. The lowest BCUT2D eigenvalue weighted by Crippen LogP contribution is -2.41. The van der Waals surface area contributed by atoms with Crippen LogP contribution in [0, 0.1) is 0 Å². The van der Waals surface area contributed by atoms with E-state index in [4.69, 9.17) is 14.2 Å². The van der Waals surface area contributed by atoms with Crippen molar-refractivity contribution in [2.24, 2.45) is 4.99 Å². The molecule has 0 amide bonds. The lowest BCUT2D eigenvalue weighted by atomic mass is 10.3. The quantitative estimate of drug-likeness (QED) is 0.276. The highest BCUT2D eigenvalue weighted by atomic mass is 127. The van der Waals surface area contributed by atoms with Gasteiger partial charge in [0.15, 0.2) is 17.5 Å². The van der Waals surface area contributed by atoms with Gasteiger partial charge >= 0.3 is 0 Å². The molecular weight excluding hydrogens is 495 g/mol. The van der Waals surface area contributed by atoms with E-state index in [1.807, 2.05) is 64.1 Å². The van der Waals surface area contributed by atoms with E-state index in [1.54, 1.807) is 13.3 Å². The molecule has 0 aliphatic heterocycles. The zero-order chi connectivity index (χ0) is 21.1. The third-order valence-corrected chi connectivity index (χ3v) is 3.87. The minimum atomic E-state index is -0.0655. The average Bonchev–Trinajstić information content (AvgIpc) is 2.71. The highest BCUT2D eigenvalue weighted by Gasteiger charge is 2.09. The molecular formula is C22H33IN4O3. The van der Waals surface area contributed by atoms with Gasteiger partial charge in [-0.15, -0.1) is 24.0 Å². The fourth-order valence-corrected chi connectivity index (χ4v) is 2.54. The molecule has 0 aliphatic rings. The molecule has 0 aliphatic carbocycles. The summed E-state index contributed by atoms with van der Waals surface area (Å²) in [6, 6.07) is 11.5. The van der Waals surface area contributed by atoms with Crippen molar-refractivity contribution < 1.29 is 14.2 Å². The van der Waals surface area contributed by atoms with Crippen LogP contribution in [0.4, 0.5) is 0 Å². The molecule has 2 rings (SSSR count). The molecule has 0 saturated heterocycles. The van der Waals surface area contributed by atoms with Gasteiger partial charge in [-0.3, -0.25) is 0 Å². The summed E-state index contributed by atoms with van der Waals surface area (Å²) in [4.78, 5) is 8.94. The number of benzene rings is 1. The van der Waals surface area contributed by atoms with Crippen molar-refractivity contribution in [3.63, 3.8) is 0 Å². The fourth-order valence-electron chi connectivity index (χ4n) is 2.54. The van der Waals surface area contributed by atoms with Gasteiger partial charge in [0, 0.05) is 18.8 Å². The third kappa shape index (κ3) is 9.06. The maximum Gasteiger partial charge on any atom is 0.213 e. The number of pyridine rings is 1. The predicted octanol–water partition coefficient (Wildman–Crippen LogP) is 4.02. The largest absolute Gasteiger partial charge is 0.493 e. The van der Waals surface area contributed by atoms with Crippen molar-refractivity contribution in [1.29, 1.82) is 0 Å². The summed E-state index contributed by atoms with van der Waals surface area (Å²) in [5, 5.41) is 6.56. The van der Waals surface area contributed by atoms with Crippen molar-refractivity contribution in [2.75, 3.05) is 20.2 Å². The van der Waals surface area contributed by atoms with Crippen LogP contribution in [0.25, 0.3) is 0 Å². The molecule has 1 aromatic heterocycles. The summed E-state index contributed by atoms with van der Waals surface area (Å²) in [5.41, 5.74) is 1.01. The molecule has 0 saturated carbocycles. The van der Waals surface area contributed by atoms with Gasteiger partial charge in [0.05, 0.1) is 26.3 Å². The molecule has 1 heterocycles. The first-order chi connectivity index (χ1) is 14.0. The number of rotatable bonds is 10. The molecule has 0 radical (unpaired) electrons. The third-order valence-electron chi connectivity index (χ3n) is 3.87. The SMILES string of the molecule is CCNC(=NCc1ccc(OC(C)C)nc1)NCC(C)Oc1ccccc1OC.I. The Balaban J connectivity index is 0.00000450. The Bertz CT molecular complexity index is 769.